The molecule has 0 aromatic rings. The standard InChI is InChI=1S/C19H30N2O5/c1-2-25-5-3-4-20-18(24)21-16(22)12-26-17(23)19-9-13-6-14(10-19)8-15(7-13)11-19/h13-15H,2-12H2,1H3,(H2,20,21,22,24). The summed E-state index contributed by atoms with van der Waals surface area (Å²) >= 11 is 0. The quantitative estimate of drug-likeness (QED) is 0.506. The Bertz CT molecular complexity index is 513. The molecule has 0 radical (unpaired) electrons. The van der Waals surface area contributed by atoms with Gasteiger partial charge in [-0.15, -0.1) is 0 Å². The number of hydrogen-bond acceptors (Lipinski definition) is 5. The highest BCUT2D eigenvalue weighted by atomic mass is 16.5. The molecule has 0 aliphatic heterocycles. The second kappa shape index (κ2) is 8.37. The Kier molecular flexibility index (Phi) is 6.16. The van der Waals surface area contributed by atoms with Crippen LogP contribution in [-0.4, -0.2) is 44.3 Å². The van der Waals surface area contributed by atoms with E-state index in [9.17, 15) is 14.4 Å². The van der Waals surface area contributed by atoms with E-state index in [1.807, 2.05) is 6.92 Å². The summed E-state index contributed by atoms with van der Waals surface area (Å²) in [7, 11) is 0. The van der Waals surface area contributed by atoms with Crippen molar-refractivity contribution in [1.82, 2.24) is 10.6 Å². The maximum Gasteiger partial charge on any atom is 0.321 e. The summed E-state index contributed by atoms with van der Waals surface area (Å²) in [5.74, 6) is 1.09. The van der Waals surface area contributed by atoms with Crippen molar-refractivity contribution < 1.29 is 23.9 Å². The number of carbonyl (C=O) groups is 3. The first kappa shape index (κ1) is 19.1. The van der Waals surface area contributed by atoms with E-state index in [0.29, 0.717) is 43.9 Å². The summed E-state index contributed by atoms with van der Waals surface area (Å²) in [6, 6.07) is -0.572. The van der Waals surface area contributed by atoms with E-state index >= 15 is 0 Å². The Hall–Kier alpha value is -1.63. The second-order valence-electron chi connectivity index (χ2n) is 8.13. The fraction of sp³-hybridized carbons (Fsp3) is 0.842. The van der Waals surface area contributed by atoms with Gasteiger partial charge < -0.3 is 14.8 Å². The Morgan fingerprint density at radius 3 is 2.23 bits per heavy atom. The van der Waals surface area contributed by atoms with Crippen LogP contribution in [-0.2, 0) is 19.1 Å². The van der Waals surface area contributed by atoms with Gasteiger partial charge in [-0.3, -0.25) is 14.9 Å². The maximum absolute atomic E-state index is 12.6. The molecule has 0 heterocycles. The molecule has 0 aromatic carbocycles. The van der Waals surface area contributed by atoms with Crippen molar-refractivity contribution in [2.75, 3.05) is 26.4 Å². The zero-order valence-electron chi connectivity index (χ0n) is 15.6. The molecular weight excluding hydrogens is 336 g/mol. The van der Waals surface area contributed by atoms with Crippen LogP contribution in [0.1, 0.15) is 51.9 Å². The molecule has 0 spiro atoms. The smallest absolute Gasteiger partial charge is 0.321 e. The van der Waals surface area contributed by atoms with Gasteiger partial charge in [0.2, 0.25) is 0 Å². The number of carbonyl (C=O) groups excluding carboxylic acids is 3. The van der Waals surface area contributed by atoms with Crippen LogP contribution < -0.4 is 10.6 Å². The SMILES string of the molecule is CCOCCCNC(=O)NC(=O)COC(=O)C12CC3CC(CC(C3)C1)C2. The highest BCUT2D eigenvalue weighted by molar-refractivity contribution is 5.95. The van der Waals surface area contributed by atoms with E-state index in [4.69, 9.17) is 9.47 Å². The third-order valence-electron chi connectivity index (χ3n) is 6.01. The largest absolute Gasteiger partial charge is 0.455 e. The second-order valence-corrected chi connectivity index (χ2v) is 8.13. The van der Waals surface area contributed by atoms with Gasteiger partial charge in [-0.25, -0.2) is 4.79 Å². The fourth-order valence-electron chi connectivity index (χ4n) is 5.37. The highest BCUT2D eigenvalue weighted by Crippen LogP contribution is 2.60. The fourth-order valence-corrected chi connectivity index (χ4v) is 5.37. The topological polar surface area (TPSA) is 93.7 Å². The predicted octanol–water partition coefficient (Wildman–Crippen LogP) is 2.00. The Balaban J connectivity index is 1.36. The van der Waals surface area contributed by atoms with Crippen LogP contribution in [0.2, 0.25) is 0 Å². The average Bonchev–Trinajstić information content (AvgIpc) is 2.58. The van der Waals surface area contributed by atoms with Crippen molar-refractivity contribution in [3.05, 3.63) is 0 Å². The number of esters is 1. The lowest BCUT2D eigenvalue weighted by Crippen LogP contribution is -2.51. The molecule has 0 atom stereocenters. The van der Waals surface area contributed by atoms with Gasteiger partial charge in [0, 0.05) is 19.8 Å². The molecular formula is C19H30N2O5. The molecule has 4 rings (SSSR count). The van der Waals surface area contributed by atoms with E-state index in [0.717, 1.165) is 19.3 Å². The molecule has 7 nitrogen and oxygen atoms in total. The summed E-state index contributed by atoms with van der Waals surface area (Å²) < 4.78 is 10.5. The van der Waals surface area contributed by atoms with Crippen molar-refractivity contribution in [3.8, 4) is 0 Å². The Morgan fingerprint density at radius 2 is 1.65 bits per heavy atom. The first-order valence-corrected chi connectivity index (χ1v) is 9.83. The summed E-state index contributed by atoms with van der Waals surface area (Å²) in [6.45, 7) is 3.13. The molecule has 0 unspecified atom stereocenters. The zero-order chi connectivity index (χ0) is 18.6. The van der Waals surface area contributed by atoms with Gasteiger partial charge in [-0.05, 0) is 69.6 Å². The summed E-state index contributed by atoms with van der Waals surface area (Å²) in [5, 5.41) is 4.77. The molecule has 4 fully saturated rings. The van der Waals surface area contributed by atoms with Crippen LogP contribution >= 0.6 is 0 Å². The first-order valence-electron chi connectivity index (χ1n) is 9.83. The minimum absolute atomic E-state index is 0.246. The third-order valence-corrected chi connectivity index (χ3v) is 6.01. The normalized spacial score (nSPS) is 31.5. The molecule has 2 N–H and O–H groups in total. The van der Waals surface area contributed by atoms with Gasteiger partial charge in [0.25, 0.3) is 5.91 Å². The number of nitrogens with one attached hydrogen (secondary N) is 2. The van der Waals surface area contributed by atoms with Crippen LogP contribution in [0, 0.1) is 23.2 Å². The Labute approximate surface area is 154 Å². The van der Waals surface area contributed by atoms with E-state index < -0.39 is 18.5 Å². The monoisotopic (exact) mass is 366 g/mol. The van der Waals surface area contributed by atoms with E-state index in [1.54, 1.807) is 0 Å². The van der Waals surface area contributed by atoms with Gasteiger partial charge >= 0.3 is 12.0 Å². The van der Waals surface area contributed by atoms with Gasteiger partial charge in [-0.2, -0.15) is 0 Å². The van der Waals surface area contributed by atoms with E-state index in [2.05, 4.69) is 10.6 Å². The molecule has 4 bridgehead atoms. The van der Waals surface area contributed by atoms with Crippen LogP contribution in [0.5, 0.6) is 0 Å². The van der Waals surface area contributed by atoms with Crippen LogP contribution in [0.15, 0.2) is 0 Å². The molecule has 7 heteroatoms. The molecule has 146 valence electrons. The van der Waals surface area contributed by atoms with Crippen molar-refractivity contribution >= 4 is 17.9 Å². The van der Waals surface area contributed by atoms with Crippen molar-refractivity contribution in [2.24, 2.45) is 23.2 Å². The minimum atomic E-state index is -0.592. The van der Waals surface area contributed by atoms with Gasteiger partial charge in [0.15, 0.2) is 6.61 Å². The summed E-state index contributed by atoms with van der Waals surface area (Å²) in [6.07, 6.45) is 7.12. The third kappa shape index (κ3) is 4.55. The van der Waals surface area contributed by atoms with Crippen LogP contribution in [0.3, 0.4) is 0 Å². The molecule has 0 aromatic heterocycles. The van der Waals surface area contributed by atoms with Gasteiger partial charge in [-0.1, -0.05) is 0 Å². The number of hydrogen-bond donors (Lipinski definition) is 2. The van der Waals surface area contributed by atoms with Gasteiger partial charge in [0.1, 0.15) is 0 Å². The molecule has 26 heavy (non-hydrogen) atoms. The molecule has 3 amide bonds. The zero-order valence-corrected chi connectivity index (χ0v) is 15.6. The number of amides is 3. The summed E-state index contributed by atoms with van der Waals surface area (Å²) in [5.41, 5.74) is -0.378. The molecule has 0 saturated heterocycles. The maximum atomic E-state index is 12.6. The van der Waals surface area contributed by atoms with E-state index in [-0.39, 0.29) is 11.4 Å². The predicted molar refractivity (Wildman–Crippen MR) is 94.2 cm³/mol. The first-order chi connectivity index (χ1) is 12.5. The lowest BCUT2D eigenvalue weighted by molar-refractivity contribution is -0.173. The molecule has 4 saturated carbocycles. The lowest BCUT2D eigenvalue weighted by atomic mass is 9.49. The van der Waals surface area contributed by atoms with Crippen LogP contribution in [0.4, 0.5) is 4.79 Å². The number of rotatable bonds is 8. The van der Waals surface area contributed by atoms with Crippen molar-refractivity contribution in [1.29, 1.82) is 0 Å². The van der Waals surface area contributed by atoms with Crippen molar-refractivity contribution in [2.45, 2.75) is 51.9 Å². The van der Waals surface area contributed by atoms with Gasteiger partial charge in [0.05, 0.1) is 5.41 Å². The Morgan fingerprint density at radius 1 is 1.04 bits per heavy atom. The number of imide groups is 1. The average molecular weight is 366 g/mol. The van der Waals surface area contributed by atoms with E-state index in [1.165, 1.54) is 19.3 Å². The molecule has 4 aliphatic carbocycles. The highest BCUT2D eigenvalue weighted by Gasteiger charge is 2.55. The summed E-state index contributed by atoms with van der Waals surface area (Å²) in [4.78, 5) is 36.1. The van der Waals surface area contributed by atoms with Crippen LogP contribution in [0.25, 0.3) is 0 Å². The molecule has 4 aliphatic rings. The lowest BCUT2D eigenvalue weighted by Gasteiger charge is -2.55. The van der Waals surface area contributed by atoms with Crippen molar-refractivity contribution in [3.63, 3.8) is 0 Å². The minimum Gasteiger partial charge on any atom is -0.455 e. The number of urea groups is 1. The number of ether oxygens (including phenoxy) is 2.